The Bertz CT molecular complexity index is 733. The first-order chi connectivity index (χ1) is 10.4. The molecule has 2 aromatic rings. The van der Waals surface area contributed by atoms with Crippen LogP contribution < -0.4 is 4.72 Å². The summed E-state index contributed by atoms with van der Waals surface area (Å²) in [6, 6.07) is 7.72. The number of nitrogens with zero attached hydrogens (tertiary/aromatic N) is 1. The molecule has 22 heavy (non-hydrogen) atoms. The lowest BCUT2D eigenvalue weighted by molar-refractivity contribution is 0.107. The molecule has 0 fully saturated rings. The fourth-order valence-electron chi connectivity index (χ4n) is 2.38. The lowest BCUT2D eigenvalue weighted by Gasteiger charge is -2.18. The second kappa shape index (κ2) is 6.60. The van der Waals surface area contributed by atoms with Crippen LogP contribution in [0, 0.1) is 20.8 Å². The second-order valence-electron chi connectivity index (χ2n) is 5.09. The minimum atomic E-state index is -3.69. The quantitative estimate of drug-likeness (QED) is 0.881. The third-order valence-corrected chi connectivity index (χ3v) is 5.18. The van der Waals surface area contributed by atoms with Gasteiger partial charge in [0.2, 0.25) is 10.0 Å². The lowest BCUT2D eigenvalue weighted by atomic mass is 10.0. The van der Waals surface area contributed by atoms with Crippen LogP contribution in [0.2, 0.25) is 0 Å². The normalized spacial score (nSPS) is 13.3. The fraction of sp³-hybridized carbons (Fsp3) is 0.400. The van der Waals surface area contributed by atoms with Gasteiger partial charge >= 0.3 is 0 Å². The molecule has 1 N–H and O–H groups in total. The van der Waals surface area contributed by atoms with Crippen molar-refractivity contribution in [3.63, 3.8) is 0 Å². The molecular weight excluding hydrogens is 304 g/mol. The number of hydrogen-bond acceptors (Lipinski definition) is 5. The molecule has 0 aliphatic carbocycles. The van der Waals surface area contributed by atoms with E-state index < -0.39 is 10.0 Å². The highest BCUT2D eigenvalue weighted by atomic mass is 32.2. The largest absolute Gasteiger partial charge is 0.375 e. The van der Waals surface area contributed by atoms with Crippen LogP contribution in [0.25, 0.3) is 0 Å². The number of methoxy groups -OCH3 is 1. The fourth-order valence-corrected chi connectivity index (χ4v) is 3.74. The van der Waals surface area contributed by atoms with Gasteiger partial charge in [-0.25, -0.2) is 13.1 Å². The highest BCUT2D eigenvalue weighted by Gasteiger charge is 2.25. The number of sulfonamides is 1. The van der Waals surface area contributed by atoms with Gasteiger partial charge in [0.25, 0.3) is 0 Å². The van der Waals surface area contributed by atoms with Crippen molar-refractivity contribution >= 4 is 10.0 Å². The van der Waals surface area contributed by atoms with Crippen molar-refractivity contribution in [2.24, 2.45) is 0 Å². The number of rotatable bonds is 6. The Kier molecular flexibility index (Phi) is 5.00. The number of aryl methyl sites for hydroxylation is 3. The van der Waals surface area contributed by atoms with E-state index in [-0.39, 0.29) is 23.3 Å². The third-order valence-electron chi connectivity index (χ3n) is 3.52. The second-order valence-corrected chi connectivity index (χ2v) is 6.79. The van der Waals surface area contributed by atoms with Gasteiger partial charge in [-0.15, -0.1) is 0 Å². The maximum atomic E-state index is 12.4. The SMILES string of the molecule is COC(CNS(=O)(=O)c1c(C)noc1C)c1ccccc1C. The highest BCUT2D eigenvalue weighted by Crippen LogP contribution is 2.22. The molecule has 1 aromatic heterocycles. The Labute approximate surface area is 130 Å². The van der Waals surface area contributed by atoms with Gasteiger partial charge in [-0.1, -0.05) is 29.4 Å². The van der Waals surface area contributed by atoms with Crippen LogP contribution in [0.4, 0.5) is 0 Å². The van der Waals surface area contributed by atoms with Gasteiger partial charge in [-0.2, -0.15) is 0 Å². The maximum absolute atomic E-state index is 12.4. The van der Waals surface area contributed by atoms with E-state index in [1.807, 2.05) is 31.2 Å². The molecule has 0 radical (unpaired) electrons. The lowest BCUT2D eigenvalue weighted by Crippen LogP contribution is -2.30. The van der Waals surface area contributed by atoms with E-state index >= 15 is 0 Å². The van der Waals surface area contributed by atoms with Crippen molar-refractivity contribution in [1.82, 2.24) is 9.88 Å². The molecule has 0 saturated heterocycles. The molecule has 0 aliphatic heterocycles. The molecule has 7 heteroatoms. The van der Waals surface area contributed by atoms with E-state index in [1.54, 1.807) is 21.0 Å². The molecule has 120 valence electrons. The van der Waals surface area contributed by atoms with Crippen molar-refractivity contribution in [2.75, 3.05) is 13.7 Å². The van der Waals surface area contributed by atoms with Gasteiger partial charge in [0.1, 0.15) is 10.6 Å². The van der Waals surface area contributed by atoms with Gasteiger partial charge in [0.15, 0.2) is 5.76 Å². The zero-order valence-corrected chi connectivity index (χ0v) is 13.9. The van der Waals surface area contributed by atoms with E-state index in [0.29, 0.717) is 5.69 Å². The number of aromatic nitrogens is 1. The first kappa shape index (κ1) is 16.7. The van der Waals surface area contributed by atoms with E-state index in [4.69, 9.17) is 9.26 Å². The Hall–Kier alpha value is -1.70. The van der Waals surface area contributed by atoms with E-state index in [2.05, 4.69) is 9.88 Å². The summed E-state index contributed by atoms with van der Waals surface area (Å²) in [5, 5.41) is 3.68. The standard InChI is InChI=1S/C15H20N2O4S/c1-10-7-5-6-8-13(10)14(20-4)9-16-22(18,19)15-11(2)17-21-12(15)3/h5-8,14,16H,9H2,1-4H3. The summed E-state index contributed by atoms with van der Waals surface area (Å²) < 4.78 is 37.7. The molecule has 0 saturated carbocycles. The van der Waals surface area contributed by atoms with Crippen LogP contribution in [0.3, 0.4) is 0 Å². The predicted octanol–water partition coefficient (Wildman–Crippen LogP) is 2.27. The molecule has 1 aromatic carbocycles. The molecule has 0 amide bonds. The Morgan fingerprint density at radius 2 is 1.95 bits per heavy atom. The summed E-state index contributed by atoms with van der Waals surface area (Å²) in [5.74, 6) is 0.273. The van der Waals surface area contributed by atoms with Crippen LogP contribution in [0.1, 0.15) is 28.7 Å². The summed E-state index contributed by atoms with van der Waals surface area (Å²) >= 11 is 0. The Morgan fingerprint density at radius 3 is 2.50 bits per heavy atom. The summed E-state index contributed by atoms with van der Waals surface area (Å²) in [6.45, 7) is 5.27. The maximum Gasteiger partial charge on any atom is 0.246 e. The van der Waals surface area contributed by atoms with Gasteiger partial charge < -0.3 is 9.26 Å². The van der Waals surface area contributed by atoms with Crippen LogP contribution in [0.15, 0.2) is 33.7 Å². The van der Waals surface area contributed by atoms with Crippen molar-refractivity contribution < 1.29 is 17.7 Å². The van der Waals surface area contributed by atoms with E-state index in [9.17, 15) is 8.42 Å². The zero-order chi connectivity index (χ0) is 16.3. The number of benzene rings is 1. The van der Waals surface area contributed by atoms with Crippen molar-refractivity contribution in [2.45, 2.75) is 31.8 Å². The van der Waals surface area contributed by atoms with Crippen LogP contribution in [-0.2, 0) is 14.8 Å². The van der Waals surface area contributed by atoms with Gasteiger partial charge in [-0.05, 0) is 31.9 Å². The summed E-state index contributed by atoms with van der Waals surface area (Å²) in [4.78, 5) is 0.0899. The third kappa shape index (κ3) is 3.37. The molecule has 0 bridgehead atoms. The van der Waals surface area contributed by atoms with Gasteiger partial charge in [-0.3, -0.25) is 0 Å². The Morgan fingerprint density at radius 1 is 1.27 bits per heavy atom. The summed E-state index contributed by atoms with van der Waals surface area (Å²) in [5.41, 5.74) is 2.34. The van der Waals surface area contributed by atoms with Crippen molar-refractivity contribution in [3.05, 3.63) is 46.8 Å². The minimum Gasteiger partial charge on any atom is -0.375 e. The highest BCUT2D eigenvalue weighted by molar-refractivity contribution is 7.89. The smallest absolute Gasteiger partial charge is 0.246 e. The average molecular weight is 324 g/mol. The number of nitrogens with one attached hydrogen (secondary N) is 1. The summed E-state index contributed by atoms with van der Waals surface area (Å²) in [7, 11) is -2.13. The molecular formula is C15H20N2O4S. The molecule has 2 rings (SSSR count). The van der Waals surface area contributed by atoms with Crippen molar-refractivity contribution in [3.8, 4) is 0 Å². The monoisotopic (exact) mass is 324 g/mol. The van der Waals surface area contributed by atoms with Crippen LogP contribution in [0.5, 0.6) is 0 Å². The molecule has 1 unspecified atom stereocenters. The zero-order valence-electron chi connectivity index (χ0n) is 13.1. The topological polar surface area (TPSA) is 81.4 Å². The van der Waals surface area contributed by atoms with E-state index in [0.717, 1.165) is 11.1 Å². The summed E-state index contributed by atoms with van der Waals surface area (Å²) in [6.07, 6.45) is -0.364. The van der Waals surface area contributed by atoms with E-state index in [1.165, 1.54) is 0 Å². The predicted molar refractivity (Wildman–Crippen MR) is 82.1 cm³/mol. The number of hydrogen-bond donors (Lipinski definition) is 1. The Balaban J connectivity index is 2.19. The molecule has 0 spiro atoms. The molecule has 1 heterocycles. The van der Waals surface area contributed by atoms with Gasteiger partial charge in [0.05, 0.1) is 6.10 Å². The molecule has 1 atom stereocenters. The minimum absolute atomic E-state index is 0.0899. The van der Waals surface area contributed by atoms with Crippen molar-refractivity contribution in [1.29, 1.82) is 0 Å². The first-order valence-corrected chi connectivity index (χ1v) is 8.36. The molecule has 6 nitrogen and oxygen atoms in total. The first-order valence-electron chi connectivity index (χ1n) is 6.87. The average Bonchev–Trinajstić information content (AvgIpc) is 2.81. The van der Waals surface area contributed by atoms with Crippen LogP contribution in [-0.4, -0.2) is 27.2 Å². The molecule has 0 aliphatic rings. The van der Waals surface area contributed by atoms with Crippen LogP contribution >= 0.6 is 0 Å². The van der Waals surface area contributed by atoms with Gasteiger partial charge in [0, 0.05) is 13.7 Å². The number of ether oxygens (including phenoxy) is 1.